The predicted molar refractivity (Wildman–Crippen MR) is 218 cm³/mol. The fourth-order valence-corrected chi connectivity index (χ4v) is 11.5. The summed E-state index contributed by atoms with van der Waals surface area (Å²) in [4.78, 5) is 33.8. The molecular weight excluding hydrogens is 677 g/mol. The summed E-state index contributed by atoms with van der Waals surface area (Å²) in [5.74, 6) is 0. The fraction of sp³-hybridized carbons (Fsp3) is 0.163. The molecule has 49 heavy (non-hydrogen) atoms. The van der Waals surface area contributed by atoms with Crippen LogP contribution in [0.2, 0.25) is 0 Å². The molecule has 6 heteroatoms. The lowest BCUT2D eigenvalue weighted by molar-refractivity contribution is 1.16. The number of hydrogen-bond acceptors (Lipinski definition) is 5. The lowest BCUT2D eigenvalue weighted by Gasteiger charge is -2.15. The first kappa shape index (κ1) is 34.9. The van der Waals surface area contributed by atoms with Gasteiger partial charge in [0.25, 0.3) is 0 Å². The van der Waals surface area contributed by atoms with Crippen molar-refractivity contribution in [3.8, 4) is 0 Å². The van der Waals surface area contributed by atoms with E-state index in [0.29, 0.717) is 0 Å². The summed E-state index contributed by atoms with van der Waals surface area (Å²) >= 11 is 5.01. The molecule has 0 aliphatic carbocycles. The van der Waals surface area contributed by atoms with Gasteiger partial charge in [-0.3, -0.25) is 9.59 Å². The van der Waals surface area contributed by atoms with E-state index in [1.807, 2.05) is 70.2 Å². The molecule has 0 saturated carbocycles. The Bertz CT molecular complexity index is 2460. The van der Waals surface area contributed by atoms with Crippen molar-refractivity contribution in [3.05, 3.63) is 151 Å². The van der Waals surface area contributed by atoms with Gasteiger partial charge in [0.2, 0.25) is 0 Å². The Kier molecular flexibility index (Phi) is 10.6. The van der Waals surface area contributed by atoms with Crippen LogP contribution in [0.4, 0.5) is 0 Å². The Morgan fingerprint density at radius 1 is 0.612 bits per heavy atom. The van der Waals surface area contributed by atoms with Gasteiger partial charge in [0.05, 0.1) is 10.9 Å². The van der Waals surface area contributed by atoms with Crippen LogP contribution in [0.1, 0.15) is 47.9 Å². The molecule has 0 aliphatic rings. The van der Waals surface area contributed by atoms with Crippen LogP contribution in [0.15, 0.2) is 137 Å². The van der Waals surface area contributed by atoms with Crippen LogP contribution < -0.4 is 10.9 Å². The van der Waals surface area contributed by atoms with Gasteiger partial charge in [-0.15, -0.1) is 22.7 Å². The quantitative estimate of drug-likeness (QED) is 0.127. The van der Waals surface area contributed by atoms with E-state index in [0.717, 1.165) is 55.4 Å². The molecule has 5 aromatic carbocycles. The summed E-state index contributed by atoms with van der Waals surface area (Å²) in [6.07, 6.45) is 3.87. The van der Waals surface area contributed by atoms with Crippen molar-refractivity contribution in [1.29, 1.82) is 0 Å². The minimum absolute atomic E-state index is 0.0884. The van der Waals surface area contributed by atoms with E-state index in [2.05, 4.69) is 87.5 Å². The number of allylic oxidation sites excluding steroid dienone is 1. The normalized spacial score (nSPS) is 12.1. The van der Waals surface area contributed by atoms with Gasteiger partial charge >= 0.3 is 0 Å². The average molecular weight is 716 g/mol. The molecule has 0 spiro atoms. The maximum atomic E-state index is 13.7. The third-order valence-electron chi connectivity index (χ3n) is 8.30. The van der Waals surface area contributed by atoms with E-state index in [1.54, 1.807) is 34.4 Å². The molecule has 2 heterocycles. The van der Waals surface area contributed by atoms with E-state index >= 15 is 0 Å². The molecule has 2 nitrogen and oxygen atoms in total. The van der Waals surface area contributed by atoms with Crippen molar-refractivity contribution >= 4 is 81.7 Å². The molecule has 2 aromatic heterocycles. The number of benzene rings is 5. The minimum atomic E-state index is -0.417. The Morgan fingerprint density at radius 3 is 1.92 bits per heavy atom. The van der Waals surface area contributed by atoms with Gasteiger partial charge in [0.15, 0.2) is 25.5 Å². The maximum absolute atomic E-state index is 13.7. The minimum Gasteiger partial charge on any atom is -0.289 e. The van der Waals surface area contributed by atoms with E-state index in [9.17, 15) is 9.59 Å². The smallest absolute Gasteiger partial charge is 0.195 e. The van der Waals surface area contributed by atoms with Crippen molar-refractivity contribution in [2.45, 2.75) is 72.9 Å². The summed E-state index contributed by atoms with van der Waals surface area (Å²) in [6.45, 7) is 14.5. The van der Waals surface area contributed by atoms with Crippen LogP contribution >= 0.6 is 34.4 Å². The predicted octanol–water partition coefficient (Wildman–Crippen LogP) is 12.5. The van der Waals surface area contributed by atoms with Crippen molar-refractivity contribution in [2.75, 3.05) is 0 Å². The third-order valence-corrected chi connectivity index (χ3v) is 14.1. The van der Waals surface area contributed by atoms with Crippen LogP contribution in [0.25, 0.3) is 36.3 Å². The summed E-state index contributed by atoms with van der Waals surface area (Å²) in [6, 6.07) is 33.8. The second-order valence-electron chi connectivity index (χ2n) is 11.8. The lowest BCUT2D eigenvalue weighted by atomic mass is 10.1. The van der Waals surface area contributed by atoms with Crippen LogP contribution in [0, 0.1) is 27.7 Å². The zero-order valence-corrected chi connectivity index (χ0v) is 32.1. The monoisotopic (exact) mass is 715 g/mol. The van der Waals surface area contributed by atoms with E-state index in [-0.39, 0.29) is 10.9 Å². The van der Waals surface area contributed by atoms with Gasteiger partial charge in [0, 0.05) is 67.7 Å². The van der Waals surface area contributed by atoms with Crippen LogP contribution in [-0.4, -0.2) is 0 Å². The van der Waals surface area contributed by atoms with Crippen LogP contribution in [0.3, 0.4) is 0 Å². The highest BCUT2D eigenvalue weighted by Gasteiger charge is 2.33. The molecule has 0 fully saturated rings. The van der Waals surface area contributed by atoms with E-state index in [1.165, 1.54) is 26.5 Å². The lowest BCUT2D eigenvalue weighted by Crippen LogP contribution is -2.11. The second kappa shape index (κ2) is 14.9. The van der Waals surface area contributed by atoms with Gasteiger partial charge in [0.1, 0.15) is 0 Å². The molecule has 0 N–H and O–H groups in total. The molecule has 1 atom stereocenters. The molecule has 0 aliphatic heterocycles. The van der Waals surface area contributed by atoms with Crippen molar-refractivity contribution in [3.63, 3.8) is 0 Å². The molecule has 0 saturated heterocycles. The zero-order chi connectivity index (χ0) is 34.8. The van der Waals surface area contributed by atoms with E-state index < -0.39 is 10.9 Å². The Balaban J connectivity index is 0.00000205. The molecule has 0 amide bonds. The highest BCUT2D eigenvalue weighted by atomic mass is 32.2. The fourth-order valence-electron chi connectivity index (χ4n) is 6.27. The highest BCUT2D eigenvalue weighted by molar-refractivity contribution is 7.99. The SMILES string of the molecule is C/C=C\c1c(C)sc2ccc([S+](c3ccc(Sc4ccc5sc6ccccc6c(=O)c5c4)cc3)c3c(C)cc(C)cc3C)cc2c1=O.CC. The molecule has 246 valence electrons. The summed E-state index contributed by atoms with van der Waals surface area (Å²) < 4.78 is 3.04. The van der Waals surface area contributed by atoms with Crippen molar-refractivity contribution in [2.24, 2.45) is 0 Å². The van der Waals surface area contributed by atoms with Gasteiger partial charge in [-0.2, -0.15) is 0 Å². The summed E-state index contributed by atoms with van der Waals surface area (Å²) in [5, 5.41) is 2.32. The topological polar surface area (TPSA) is 34.1 Å². The molecule has 1 unspecified atom stereocenters. The Morgan fingerprint density at radius 2 is 1.20 bits per heavy atom. The molecule has 7 aromatic rings. The third kappa shape index (κ3) is 6.93. The number of aryl methyl sites for hydroxylation is 4. The van der Waals surface area contributed by atoms with Gasteiger partial charge in [-0.05, 0) is 101 Å². The van der Waals surface area contributed by atoms with Crippen molar-refractivity contribution < 1.29 is 0 Å². The zero-order valence-electron chi connectivity index (χ0n) is 28.8. The molecule has 0 bridgehead atoms. The first-order chi connectivity index (χ1) is 23.7. The van der Waals surface area contributed by atoms with Gasteiger partial charge in [-0.1, -0.05) is 67.6 Å². The van der Waals surface area contributed by atoms with E-state index in [4.69, 9.17) is 0 Å². The summed E-state index contributed by atoms with van der Waals surface area (Å²) in [5.41, 5.74) is 4.72. The Hall–Kier alpha value is -3.94. The largest absolute Gasteiger partial charge is 0.289 e. The summed E-state index contributed by atoms with van der Waals surface area (Å²) in [7, 11) is -0.417. The highest BCUT2D eigenvalue weighted by Crippen LogP contribution is 2.39. The second-order valence-corrected chi connectivity index (χ2v) is 17.2. The van der Waals surface area contributed by atoms with Gasteiger partial charge < -0.3 is 0 Å². The molecule has 0 radical (unpaired) electrons. The molecule has 7 rings (SSSR count). The first-order valence-corrected chi connectivity index (χ1v) is 20.1. The number of rotatable bonds is 6. The average Bonchev–Trinajstić information content (AvgIpc) is 3.10. The molecular formula is C43H39O2S4+. The van der Waals surface area contributed by atoms with Gasteiger partial charge in [-0.25, -0.2) is 0 Å². The van der Waals surface area contributed by atoms with Crippen LogP contribution in [-0.2, 0) is 10.9 Å². The van der Waals surface area contributed by atoms with Crippen molar-refractivity contribution in [1.82, 2.24) is 0 Å². The number of hydrogen-bond donors (Lipinski definition) is 0. The number of fused-ring (bicyclic) bond motifs is 3. The Labute approximate surface area is 303 Å². The first-order valence-electron chi connectivity index (χ1n) is 16.5. The maximum Gasteiger partial charge on any atom is 0.195 e. The standard InChI is InChI=1S/C41H33O2S4.C2H6/c1-6-9-32-27(5)44-37-19-17-31(23-35(37)39(32)42)47(41-25(3)20-24(2)21-26(41)4)30-15-12-28(13-16-30)45-29-14-18-38-34(22-29)40(43)33-10-7-8-11-36(33)46-38;1-2/h6-23H,1-5H3;1-2H3/q+1;/b9-6-;. The van der Waals surface area contributed by atoms with Crippen LogP contribution in [0.5, 0.6) is 0 Å².